The van der Waals surface area contributed by atoms with Crippen molar-refractivity contribution in [3.8, 4) is 11.4 Å². The fourth-order valence-electron chi connectivity index (χ4n) is 4.60. The van der Waals surface area contributed by atoms with Crippen LogP contribution in [0, 0.1) is 17.6 Å². The molecule has 5 rings (SSSR count). The molecule has 0 radical (unpaired) electrons. The minimum Gasteiger partial charge on any atom is -0.475 e. The molecular formula is C28H26Cl2F5N7O3. The van der Waals surface area contributed by atoms with Gasteiger partial charge in [-0.3, -0.25) is 4.79 Å². The largest absolute Gasteiger partial charge is 0.490 e. The summed E-state index contributed by atoms with van der Waals surface area (Å²) in [5, 5.41) is 17.0. The molecule has 1 atom stereocenters. The van der Waals surface area contributed by atoms with E-state index in [0.29, 0.717) is 62.3 Å². The summed E-state index contributed by atoms with van der Waals surface area (Å²) in [5.74, 6) is -3.61. The third kappa shape index (κ3) is 8.77. The number of piperidine rings is 1. The smallest absolute Gasteiger partial charge is 0.475 e. The molecule has 17 heteroatoms. The van der Waals surface area contributed by atoms with Gasteiger partial charge in [-0.15, -0.1) is 0 Å². The van der Waals surface area contributed by atoms with Gasteiger partial charge >= 0.3 is 12.1 Å². The molecule has 0 aliphatic carbocycles. The predicted octanol–water partition coefficient (Wildman–Crippen LogP) is 6.28. The molecule has 1 saturated heterocycles. The van der Waals surface area contributed by atoms with Crippen molar-refractivity contribution in [1.82, 2.24) is 24.8 Å². The van der Waals surface area contributed by atoms with Gasteiger partial charge in [0.1, 0.15) is 11.3 Å². The number of benzene rings is 2. The van der Waals surface area contributed by atoms with Crippen molar-refractivity contribution in [2.75, 3.05) is 23.7 Å². The maximum absolute atomic E-state index is 13.6. The number of carbonyl (C=O) groups excluding carboxylic acids is 1. The Labute approximate surface area is 263 Å². The third-order valence-electron chi connectivity index (χ3n) is 6.59. The minimum absolute atomic E-state index is 0.207. The molecular weight excluding hydrogens is 648 g/mol. The van der Waals surface area contributed by atoms with Crippen LogP contribution in [0.1, 0.15) is 25.3 Å². The Balaban J connectivity index is 0.000000591. The number of imidazole rings is 1. The number of anilines is 2. The molecule has 1 fully saturated rings. The van der Waals surface area contributed by atoms with Gasteiger partial charge in [-0.05, 0) is 61.7 Å². The second kappa shape index (κ2) is 14.3. The first-order valence-electron chi connectivity index (χ1n) is 13.4. The van der Waals surface area contributed by atoms with E-state index in [1.54, 1.807) is 18.3 Å². The first-order chi connectivity index (χ1) is 21.2. The van der Waals surface area contributed by atoms with Crippen molar-refractivity contribution < 1.29 is 36.6 Å². The highest BCUT2D eigenvalue weighted by Gasteiger charge is 2.38. The molecule has 4 N–H and O–H groups in total. The van der Waals surface area contributed by atoms with Gasteiger partial charge in [0.05, 0.1) is 21.8 Å². The van der Waals surface area contributed by atoms with Gasteiger partial charge < -0.3 is 25.6 Å². The number of aromatic nitrogens is 4. The number of carboxylic acid groups (broad SMARTS) is 1. The summed E-state index contributed by atoms with van der Waals surface area (Å²) in [6, 6.07) is 6.98. The van der Waals surface area contributed by atoms with Crippen LogP contribution in [-0.2, 0) is 22.7 Å². The third-order valence-corrected chi connectivity index (χ3v) is 7.19. The molecule has 0 bridgehead atoms. The second-order valence-corrected chi connectivity index (χ2v) is 10.9. The van der Waals surface area contributed by atoms with E-state index in [2.05, 4.69) is 20.9 Å². The number of rotatable bonds is 7. The number of alkyl halides is 3. The molecule has 3 heterocycles. The zero-order chi connectivity index (χ0) is 32.9. The van der Waals surface area contributed by atoms with E-state index in [4.69, 9.17) is 43.1 Å². The van der Waals surface area contributed by atoms with Crippen molar-refractivity contribution >= 4 is 57.9 Å². The molecule has 2 aromatic heterocycles. The minimum atomic E-state index is -5.08. The van der Waals surface area contributed by atoms with Gasteiger partial charge in [-0.25, -0.2) is 23.5 Å². The SMILES string of the molecule is CC(=O)Nc1cc(Cl)c(-c2nc3cnc(NCc4ccc(F)c(F)c4)nc3n2C[C@@H]2CCCNC2)c(Cl)c1.O=C(O)C(F)(F)F. The van der Waals surface area contributed by atoms with Crippen molar-refractivity contribution in [3.63, 3.8) is 0 Å². The van der Waals surface area contributed by atoms with Crippen LogP contribution in [0.3, 0.4) is 0 Å². The number of carbonyl (C=O) groups is 2. The van der Waals surface area contributed by atoms with Crippen LogP contribution in [-0.4, -0.2) is 55.8 Å². The van der Waals surface area contributed by atoms with E-state index in [1.165, 1.54) is 13.0 Å². The summed E-state index contributed by atoms with van der Waals surface area (Å²) in [6.45, 7) is 4.08. The van der Waals surface area contributed by atoms with Crippen LogP contribution in [0.5, 0.6) is 0 Å². The maximum atomic E-state index is 13.6. The van der Waals surface area contributed by atoms with Crippen LogP contribution >= 0.6 is 23.2 Å². The lowest BCUT2D eigenvalue weighted by molar-refractivity contribution is -0.192. The molecule has 1 aliphatic heterocycles. The molecule has 0 spiro atoms. The highest BCUT2D eigenvalue weighted by Crippen LogP contribution is 2.38. The monoisotopic (exact) mass is 673 g/mol. The van der Waals surface area contributed by atoms with Gasteiger partial charge in [-0.2, -0.15) is 18.2 Å². The van der Waals surface area contributed by atoms with Crippen molar-refractivity contribution in [2.24, 2.45) is 5.92 Å². The molecule has 4 aromatic rings. The predicted molar refractivity (Wildman–Crippen MR) is 158 cm³/mol. The van der Waals surface area contributed by atoms with E-state index in [-0.39, 0.29) is 12.5 Å². The fraction of sp³-hybridized carbons (Fsp3) is 0.321. The van der Waals surface area contributed by atoms with E-state index < -0.39 is 23.8 Å². The lowest BCUT2D eigenvalue weighted by Gasteiger charge is -2.24. The summed E-state index contributed by atoms with van der Waals surface area (Å²) in [5.41, 5.74) is 2.71. The van der Waals surface area contributed by atoms with Crippen LogP contribution < -0.4 is 16.0 Å². The first kappa shape index (κ1) is 33.8. The Bertz CT molecular complexity index is 1690. The number of nitrogens with zero attached hydrogens (tertiary/aromatic N) is 4. The zero-order valence-electron chi connectivity index (χ0n) is 23.5. The number of aliphatic carboxylic acids is 1. The summed E-state index contributed by atoms with van der Waals surface area (Å²) in [7, 11) is 0. The molecule has 10 nitrogen and oxygen atoms in total. The van der Waals surface area contributed by atoms with Gasteiger partial charge in [-0.1, -0.05) is 29.3 Å². The number of carboxylic acids is 1. The van der Waals surface area contributed by atoms with E-state index in [0.717, 1.165) is 38.1 Å². The zero-order valence-corrected chi connectivity index (χ0v) is 25.0. The molecule has 2 aromatic carbocycles. The number of amides is 1. The lowest BCUT2D eigenvalue weighted by atomic mass is 9.99. The van der Waals surface area contributed by atoms with E-state index >= 15 is 0 Å². The number of hydrogen-bond acceptors (Lipinski definition) is 7. The van der Waals surface area contributed by atoms with E-state index in [1.807, 2.05) is 4.57 Å². The molecule has 1 amide bonds. The van der Waals surface area contributed by atoms with Crippen LogP contribution in [0.25, 0.3) is 22.6 Å². The van der Waals surface area contributed by atoms with Gasteiger partial charge in [0.25, 0.3) is 0 Å². The Morgan fingerprint density at radius 3 is 2.38 bits per heavy atom. The molecule has 45 heavy (non-hydrogen) atoms. The average molecular weight is 674 g/mol. The fourth-order valence-corrected chi connectivity index (χ4v) is 5.25. The summed E-state index contributed by atoms with van der Waals surface area (Å²) in [6.07, 6.45) is -1.38. The molecule has 1 aliphatic rings. The van der Waals surface area contributed by atoms with E-state index in [9.17, 15) is 26.7 Å². The summed E-state index contributed by atoms with van der Waals surface area (Å²) >= 11 is 13.3. The highest BCUT2D eigenvalue weighted by molar-refractivity contribution is 6.39. The summed E-state index contributed by atoms with van der Waals surface area (Å²) in [4.78, 5) is 34.3. The number of nitrogens with one attached hydrogen (secondary N) is 3. The molecule has 0 saturated carbocycles. The highest BCUT2D eigenvalue weighted by atomic mass is 35.5. The topological polar surface area (TPSA) is 134 Å². The Morgan fingerprint density at radius 1 is 1.11 bits per heavy atom. The van der Waals surface area contributed by atoms with Crippen molar-refractivity contribution in [2.45, 2.75) is 39.0 Å². The Kier molecular flexibility index (Phi) is 10.8. The standard InChI is InChI=1S/C26H25Cl2F2N7O.C2HF3O2/c1-14(38)34-17-8-18(27)23(19(28)9-17)25-35-22-12-33-26(32-11-15-4-5-20(29)21(30)7-15)36-24(22)37(25)13-16-3-2-6-31-10-16;3-2(4,5)1(6)7/h4-5,7-9,12,16,31H,2-3,6,10-11,13H2,1H3,(H,34,38)(H,32,33,36);(H,6,7)/t16-;/m1./s1. The van der Waals surface area contributed by atoms with Crippen LogP contribution in [0.4, 0.5) is 33.6 Å². The number of fused-ring (bicyclic) bond motifs is 1. The number of halogens is 7. The van der Waals surface area contributed by atoms with Gasteiger partial charge in [0.15, 0.2) is 17.3 Å². The van der Waals surface area contributed by atoms with Crippen LogP contribution in [0.15, 0.2) is 36.5 Å². The molecule has 240 valence electrons. The normalized spacial score (nSPS) is 14.9. The van der Waals surface area contributed by atoms with Gasteiger partial charge in [0, 0.05) is 25.7 Å². The van der Waals surface area contributed by atoms with Gasteiger partial charge in [0.2, 0.25) is 11.9 Å². The van der Waals surface area contributed by atoms with Crippen molar-refractivity contribution in [1.29, 1.82) is 0 Å². The van der Waals surface area contributed by atoms with Crippen molar-refractivity contribution in [3.05, 3.63) is 63.8 Å². The maximum Gasteiger partial charge on any atom is 0.490 e. The second-order valence-electron chi connectivity index (χ2n) is 10.1. The first-order valence-corrected chi connectivity index (χ1v) is 14.2. The molecule has 0 unspecified atom stereocenters. The van der Waals surface area contributed by atoms with Crippen LogP contribution in [0.2, 0.25) is 10.0 Å². The summed E-state index contributed by atoms with van der Waals surface area (Å²) < 4.78 is 60.6. The quantitative estimate of drug-likeness (QED) is 0.168. The Hall–Kier alpha value is -4.08. The lowest BCUT2D eigenvalue weighted by Crippen LogP contribution is -2.32. The average Bonchev–Trinajstić information content (AvgIpc) is 3.30. The Morgan fingerprint density at radius 2 is 1.80 bits per heavy atom. The number of hydrogen-bond donors (Lipinski definition) is 4.